The first-order valence-electron chi connectivity index (χ1n) is 16.9. The number of aryl methyl sites for hydroxylation is 2. The number of hydrogen-bond donors (Lipinski definition) is 2. The molecule has 2 heterocycles. The average Bonchev–Trinajstić information content (AvgIpc) is 3.06. The van der Waals surface area contributed by atoms with Crippen molar-refractivity contribution in [3.05, 3.63) is 83.9 Å². The van der Waals surface area contributed by atoms with E-state index in [1.165, 1.54) is 38.5 Å². The third-order valence-corrected chi connectivity index (χ3v) is 7.15. The zero-order chi connectivity index (χ0) is 37.5. The molecule has 0 unspecified atom stereocenters. The maximum atomic E-state index is 11.0. The van der Waals surface area contributed by atoms with Crippen molar-refractivity contribution < 1.29 is 57.0 Å². The summed E-state index contributed by atoms with van der Waals surface area (Å²) in [5.74, 6) is -2.62. The monoisotopic (exact) mass is 740 g/mol. The van der Waals surface area contributed by atoms with Crippen molar-refractivity contribution in [2.24, 2.45) is 0 Å². The van der Waals surface area contributed by atoms with E-state index in [9.17, 15) is 10.2 Å². The molecule has 2 aromatic carbocycles. The molecule has 0 amide bonds. The smallest absolute Gasteiger partial charge is 0.550 e. The second kappa shape index (κ2) is 26.1. The van der Waals surface area contributed by atoms with Crippen molar-refractivity contribution in [2.75, 3.05) is 0 Å². The number of carbonyl (C=O) groups is 3. The quantitative estimate of drug-likeness (QED) is 0.133. The number of rotatable bonds is 13. The summed E-state index contributed by atoms with van der Waals surface area (Å²) in [6, 6.07) is 23.5. The number of aromatic nitrogens is 2. The molecule has 10 nitrogen and oxygen atoms in total. The number of unbranched alkanes of at least 4 members (excludes halogenated alkanes) is 6. The van der Waals surface area contributed by atoms with Gasteiger partial charge in [0.05, 0.1) is 22.8 Å². The van der Waals surface area contributed by atoms with E-state index in [1.807, 2.05) is 72.8 Å². The molecule has 2 N–H and O–H groups in total. The number of carboxylic acids is 3. The van der Waals surface area contributed by atoms with Crippen LogP contribution in [0.25, 0.3) is 33.9 Å². The minimum atomic E-state index is -1.08. The maximum Gasteiger partial charge on any atom is 3.00 e. The van der Waals surface area contributed by atoms with Crippen LogP contribution in [-0.2, 0) is 44.3 Å². The molecule has 0 atom stereocenters. The molecule has 11 heteroatoms. The van der Waals surface area contributed by atoms with E-state index in [0.29, 0.717) is 11.5 Å². The molecular weight excluding hydrogens is 691 g/mol. The Hall–Kier alpha value is -4.73. The van der Waals surface area contributed by atoms with Gasteiger partial charge in [0.1, 0.15) is 11.5 Å². The van der Waals surface area contributed by atoms with Crippen LogP contribution >= 0.6 is 0 Å². The van der Waals surface area contributed by atoms with Gasteiger partial charge in [-0.3, -0.25) is 0 Å². The summed E-state index contributed by atoms with van der Waals surface area (Å²) in [5.41, 5.74) is 6.32. The summed E-state index contributed by atoms with van der Waals surface area (Å²) in [5, 5.41) is 48.7. The van der Waals surface area contributed by atoms with Crippen molar-refractivity contribution >= 4 is 17.9 Å². The fraction of sp³-hybridized carbons (Fsp3) is 0.375. The van der Waals surface area contributed by atoms with Crippen LogP contribution in [0.5, 0.6) is 11.5 Å². The molecule has 4 aromatic rings. The van der Waals surface area contributed by atoms with E-state index < -0.39 is 17.9 Å². The molecule has 274 valence electrons. The van der Waals surface area contributed by atoms with E-state index in [0.717, 1.165) is 91.5 Å². The molecule has 4 rings (SSSR count). The minimum absolute atomic E-state index is 0. The molecule has 0 fully saturated rings. The minimum Gasteiger partial charge on any atom is -0.550 e. The first-order chi connectivity index (χ1) is 23.8. The van der Waals surface area contributed by atoms with Crippen LogP contribution in [0.2, 0.25) is 0 Å². The van der Waals surface area contributed by atoms with Crippen LogP contribution in [-0.4, -0.2) is 38.1 Å². The van der Waals surface area contributed by atoms with Crippen molar-refractivity contribution in [2.45, 2.75) is 98.8 Å². The third kappa shape index (κ3) is 18.7. The van der Waals surface area contributed by atoms with Gasteiger partial charge in [0.15, 0.2) is 0 Å². The van der Waals surface area contributed by atoms with Gasteiger partial charge in [-0.1, -0.05) is 88.8 Å². The molecular formula is C40H49MnN2O8. The standard InChI is InChI=1S/C34H40N2O2.3C2H4O2.Mn/c1-3-5-7-9-15-25-17-11-19-27(33(25)37)29-21-13-23-31(35-29)32-24-14-22-30(36-32)28-20-12-18-26(34(28)38)16-10-8-6-4-2;3*1-2(3)4;/h11-14,17-24,37-38H,3-10,15-16H2,1-2H3;3*1H3,(H,3,4);/q;;;;+3/p-3. The van der Waals surface area contributed by atoms with Gasteiger partial charge in [0.25, 0.3) is 0 Å². The number of carbonyl (C=O) groups excluding carboxylic acids is 3. The van der Waals surface area contributed by atoms with Crippen LogP contribution in [0.4, 0.5) is 0 Å². The van der Waals surface area contributed by atoms with Crippen molar-refractivity contribution in [3.63, 3.8) is 0 Å². The molecule has 0 saturated carbocycles. The molecule has 0 aliphatic heterocycles. The van der Waals surface area contributed by atoms with E-state index in [-0.39, 0.29) is 17.1 Å². The van der Waals surface area contributed by atoms with E-state index in [1.54, 1.807) is 0 Å². The summed E-state index contributed by atoms with van der Waals surface area (Å²) >= 11 is 0. The Morgan fingerprint density at radius 1 is 0.510 bits per heavy atom. The molecule has 2 aromatic heterocycles. The van der Waals surface area contributed by atoms with E-state index >= 15 is 0 Å². The van der Waals surface area contributed by atoms with Crippen LogP contribution in [0.1, 0.15) is 97.1 Å². The Bertz CT molecular complexity index is 1500. The SMILES string of the molecule is CC(=O)[O-].CC(=O)[O-].CC(=O)[O-].CCCCCCc1cccc(-c2cccc(-c3cccc(-c4cccc(CCCCCC)c4O)n3)n2)c1O.[Mn+3]. The third-order valence-electron chi connectivity index (χ3n) is 7.15. The topological polar surface area (TPSA) is 187 Å². The fourth-order valence-corrected chi connectivity index (χ4v) is 4.94. The molecule has 0 aliphatic rings. The average molecular weight is 741 g/mol. The predicted octanol–water partition coefficient (Wildman–Crippen LogP) is 5.40. The number of pyridine rings is 2. The van der Waals surface area contributed by atoms with Crippen LogP contribution in [0, 0.1) is 0 Å². The van der Waals surface area contributed by atoms with Crippen LogP contribution < -0.4 is 15.3 Å². The Morgan fingerprint density at radius 2 is 0.804 bits per heavy atom. The molecule has 0 aliphatic carbocycles. The zero-order valence-corrected chi connectivity index (χ0v) is 31.3. The van der Waals surface area contributed by atoms with Gasteiger partial charge >= 0.3 is 17.1 Å². The predicted molar refractivity (Wildman–Crippen MR) is 189 cm³/mol. The summed E-state index contributed by atoms with van der Waals surface area (Å²) in [4.78, 5) is 36.4. The maximum absolute atomic E-state index is 11.0. The first kappa shape index (κ1) is 46.3. The van der Waals surface area contributed by atoms with Crippen LogP contribution in [0.15, 0.2) is 72.8 Å². The van der Waals surface area contributed by atoms with Gasteiger partial charge in [-0.2, -0.15) is 0 Å². The normalized spacial score (nSPS) is 9.75. The number of phenolic OH excluding ortho intramolecular Hbond substituents is 2. The number of phenols is 2. The van der Waals surface area contributed by atoms with Gasteiger partial charge < -0.3 is 39.9 Å². The number of para-hydroxylation sites is 2. The van der Waals surface area contributed by atoms with Gasteiger partial charge in [0, 0.05) is 29.0 Å². The number of hydrogen-bond acceptors (Lipinski definition) is 10. The van der Waals surface area contributed by atoms with Crippen molar-refractivity contribution in [1.29, 1.82) is 0 Å². The van der Waals surface area contributed by atoms with Gasteiger partial charge in [-0.25, -0.2) is 9.97 Å². The van der Waals surface area contributed by atoms with Gasteiger partial charge in [0.2, 0.25) is 0 Å². The largest absolute Gasteiger partial charge is 3.00 e. The van der Waals surface area contributed by atoms with Gasteiger partial charge in [-0.05, 0) is 94.0 Å². The Balaban J connectivity index is 0.00000167. The number of aliphatic carboxylic acids is 3. The van der Waals surface area contributed by atoms with E-state index in [2.05, 4.69) is 13.8 Å². The summed E-state index contributed by atoms with van der Waals surface area (Å²) in [7, 11) is 0. The second-order valence-corrected chi connectivity index (χ2v) is 11.5. The molecule has 0 radical (unpaired) electrons. The number of aromatic hydroxyl groups is 2. The van der Waals surface area contributed by atoms with Crippen molar-refractivity contribution in [3.8, 4) is 45.4 Å². The van der Waals surface area contributed by atoms with Gasteiger partial charge in [-0.15, -0.1) is 0 Å². The van der Waals surface area contributed by atoms with Crippen molar-refractivity contribution in [1.82, 2.24) is 9.97 Å². The second-order valence-electron chi connectivity index (χ2n) is 11.5. The summed E-state index contributed by atoms with van der Waals surface area (Å²) in [6.07, 6.45) is 11.1. The summed E-state index contributed by atoms with van der Waals surface area (Å²) < 4.78 is 0. The zero-order valence-electron chi connectivity index (χ0n) is 30.1. The number of benzene rings is 2. The Morgan fingerprint density at radius 3 is 1.12 bits per heavy atom. The fourth-order valence-electron chi connectivity index (χ4n) is 4.94. The van der Waals surface area contributed by atoms with Crippen LogP contribution in [0.3, 0.4) is 0 Å². The summed E-state index contributed by atoms with van der Waals surface area (Å²) in [6.45, 7) is 7.33. The van der Waals surface area contributed by atoms with E-state index in [4.69, 9.17) is 39.7 Å². The Labute approximate surface area is 312 Å². The number of carboxylic acid groups (broad SMARTS) is 3. The molecule has 0 spiro atoms. The molecule has 0 saturated heterocycles. The molecule has 51 heavy (non-hydrogen) atoms. The molecule has 0 bridgehead atoms. The number of nitrogens with zero attached hydrogens (tertiary/aromatic N) is 2. The Kier molecular flexibility index (Phi) is 23.7. The first-order valence-corrected chi connectivity index (χ1v) is 16.9.